The molecule has 0 bridgehead atoms. The number of amides is 3. The van der Waals surface area contributed by atoms with Crippen LogP contribution < -0.4 is 5.32 Å². The standard InChI is InChI=1S/C20H16ClN3O3/c1-20(14-9-5-6-10-15(14)21)18(25)24(19(26)23-20)12-17-22-11-16(27-17)13-7-3-2-4-8-13/h2-11H,12H2,1H3,(H,23,26)/t20-/m1/s1. The summed E-state index contributed by atoms with van der Waals surface area (Å²) < 4.78 is 5.71. The van der Waals surface area contributed by atoms with Gasteiger partial charge in [-0.15, -0.1) is 0 Å². The minimum absolute atomic E-state index is 0.0580. The van der Waals surface area contributed by atoms with E-state index in [1.807, 2.05) is 30.3 Å². The zero-order valence-electron chi connectivity index (χ0n) is 14.5. The molecule has 27 heavy (non-hydrogen) atoms. The van der Waals surface area contributed by atoms with Crippen molar-refractivity contribution in [2.24, 2.45) is 0 Å². The average molecular weight is 382 g/mol. The van der Waals surface area contributed by atoms with Crippen molar-refractivity contribution in [3.8, 4) is 11.3 Å². The van der Waals surface area contributed by atoms with Gasteiger partial charge in [-0.05, 0) is 13.0 Å². The van der Waals surface area contributed by atoms with E-state index in [-0.39, 0.29) is 12.4 Å². The van der Waals surface area contributed by atoms with Gasteiger partial charge in [-0.2, -0.15) is 0 Å². The molecule has 1 N–H and O–H groups in total. The lowest BCUT2D eigenvalue weighted by atomic mass is 9.92. The first-order chi connectivity index (χ1) is 13.0. The van der Waals surface area contributed by atoms with Crippen LogP contribution in [0, 0.1) is 0 Å². The molecule has 0 unspecified atom stereocenters. The molecular formula is C20H16ClN3O3. The summed E-state index contributed by atoms with van der Waals surface area (Å²) in [6.45, 7) is 1.58. The normalized spacial score (nSPS) is 19.4. The first-order valence-corrected chi connectivity index (χ1v) is 8.76. The second-order valence-electron chi connectivity index (χ2n) is 6.41. The summed E-state index contributed by atoms with van der Waals surface area (Å²) >= 11 is 6.23. The molecule has 0 spiro atoms. The molecule has 1 fully saturated rings. The predicted molar refractivity (Wildman–Crippen MR) is 99.8 cm³/mol. The minimum Gasteiger partial charge on any atom is -0.439 e. The highest BCUT2D eigenvalue weighted by Crippen LogP contribution is 2.34. The van der Waals surface area contributed by atoms with Crippen molar-refractivity contribution in [1.82, 2.24) is 15.2 Å². The second-order valence-corrected chi connectivity index (χ2v) is 6.82. The quantitative estimate of drug-likeness (QED) is 0.694. The Balaban J connectivity index is 1.59. The molecule has 3 aromatic rings. The van der Waals surface area contributed by atoms with Gasteiger partial charge < -0.3 is 9.73 Å². The molecule has 1 saturated heterocycles. The van der Waals surface area contributed by atoms with Crippen LogP contribution in [-0.4, -0.2) is 21.8 Å². The van der Waals surface area contributed by atoms with Gasteiger partial charge in [0.1, 0.15) is 12.1 Å². The van der Waals surface area contributed by atoms with Gasteiger partial charge >= 0.3 is 6.03 Å². The summed E-state index contributed by atoms with van der Waals surface area (Å²) in [4.78, 5) is 30.7. The molecule has 0 radical (unpaired) electrons. The molecule has 4 rings (SSSR count). The lowest BCUT2D eigenvalue weighted by Crippen LogP contribution is -2.41. The number of hydrogen-bond donors (Lipinski definition) is 1. The Labute approximate surface area is 160 Å². The van der Waals surface area contributed by atoms with Crippen LogP contribution in [0.1, 0.15) is 18.4 Å². The van der Waals surface area contributed by atoms with Crippen LogP contribution in [-0.2, 0) is 16.9 Å². The first kappa shape index (κ1) is 17.3. The minimum atomic E-state index is -1.23. The lowest BCUT2D eigenvalue weighted by molar-refractivity contribution is -0.131. The van der Waals surface area contributed by atoms with E-state index in [1.165, 1.54) is 0 Å². The summed E-state index contributed by atoms with van der Waals surface area (Å²) in [6.07, 6.45) is 1.58. The molecule has 0 aliphatic carbocycles. The van der Waals surface area contributed by atoms with E-state index in [2.05, 4.69) is 10.3 Å². The summed E-state index contributed by atoms with van der Waals surface area (Å²) in [5.74, 6) is 0.451. The van der Waals surface area contributed by atoms with Gasteiger partial charge in [-0.1, -0.05) is 60.1 Å². The van der Waals surface area contributed by atoms with Gasteiger partial charge in [0.05, 0.1) is 6.20 Å². The van der Waals surface area contributed by atoms with Gasteiger partial charge in [0.25, 0.3) is 5.91 Å². The Morgan fingerprint density at radius 3 is 2.56 bits per heavy atom. The van der Waals surface area contributed by atoms with Crippen molar-refractivity contribution in [3.05, 3.63) is 77.3 Å². The van der Waals surface area contributed by atoms with E-state index < -0.39 is 17.5 Å². The van der Waals surface area contributed by atoms with Crippen LogP contribution in [0.25, 0.3) is 11.3 Å². The van der Waals surface area contributed by atoms with Crippen LogP contribution >= 0.6 is 11.6 Å². The molecule has 1 atom stereocenters. The average Bonchev–Trinajstić information content (AvgIpc) is 3.22. The third-order valence-electron chi connectivity index (χ3n) is 4.59. The van der Waals surface area contributed by atoms with Gasteiger partial charge in [-0.25, -0.2) is 9.78 Å². The largest absolute Gasteiger partial charge is 0.439 e. The molecule has 2 aromatic carbocycles. The maximum atomic E-state index is 13.0. The number of nitrogens with zero attached hydrogens (tertiary/aromatic N) is 2. The highest BCUT2D eigenvalue weighted by Gasteiger charge is 2.50. The number of carbonyl (C=O) groups excluding carboxylic acids is 2. The van der Waals surface area contributed by atoms with Crippen LogP contribution in [0.15, 0.2) is 65.2 Å². The summed E-state index contributed by atoms with van der Waals surface area (Å²) in [7, 11) is 0. The number of hydrogen-bond acceptors (Lipinski definition) is 4. The topological polar surface area (TPSA) is 75.4 Å². The van der Waals surface area contributed by atoms with Crippen molar-refractivity contribution in [2.75, 3.05) is 0 Å². The Morgan fingerprint density at radius 2 is 1.81 bits per heavy atom. The van der Waals surface area contributed by atoms with Crippen LogP contribution in [0.2, 0.25) is 5.02 Å². The van der Waals surface area contributed by atoms with Crippen molar-refractivity contribution >= 4 is 23.5 Å². The van der Waals surface area contributed by atoms with Crippen LogP contribution in [0.5, 0.6) is 0 Å². The Kier molecular flexibility index (Phi) is 4.20. The van der Waals surface area contributed by atoms with E-state index in [9.17, 15) is 9.59 Å². The van der Waals surface area contributed by atoms with Crippen molar-refractivity contribution in [1.29, 1.82) is 0 Å². The van der Waals surface area contributed by atoms with E-state index in [0.29, 0.717) is 16.3 Å². The number of urea groups is 1. The number of carbonyl (C=O) groups is 2. The molecule has 3 amide bonds. The van der Waals surface area contributed by atoms with Crippen molar-refractivity contribution in [3.63, 3.8) is 0 Å². The number of oxazole rings is 1. The van der Waals surface area contributed by atoms with Crippen LogP contribution in [0.4, 0.5) is 4.79 Å². The van der Waals surface area contributed by atoms with Crippen LogP contribution in [0.3, 0.4) is 0 Å². The maximum Gasteiger partial charge on any atom is 0.325 e. The number of benzene rings is 2. The second kappa shape index (κ2) is 6.55. The Hall–Kier alpha value is -3.12. The smallest absolute Gasteiger partial charge is 0.325 e. The number of nitrogens with one attached hydrogen (secondary N) is 1. The fourth-order valence-electron chi connectivity index (χ4n) is 3.14. The number of rotatable bonds is 4. The highest BCUT2D eigenvalue weighted by atomic mass is 35.5. The van der Waals surface area contributed by atoms with E-state index in [1.54, 1.807) is 37.4 Å². The van der Waals surface area contributed by atoms with Gasteiger partial charge in [-0.3, -0.25) is 9.69 Å². The lowest BCUT2D eigenvalue weighted by Gasteiger charge is -2.23. The Bertz CT molecular complexity index is 1020. The third kappa shape index (κ3) is 2.98. The highest BCUT2D eigenvalue weighted by molar-refractivity contribution is 6.32. The molecule has 136 valence electrons. The van der Waals surface area contributed by atoms with E-state index >= 15 is 0 Å². The van der Waals surface area contributed by atoms with E-state index in [4.69, 9.17) is 16.0 Å². The SMILES string of the molecule is C[C@]1(c2ccccc2Cl)NC(=O)N(Cc2ncc(-c3ccccc3)o2)C1=O. The van der Waals surface area contributed by atoms with Gasteiger partial charge in [0.15, 0.2) is 5.76 Å². The predicted octanol–water partition coefficient (Wildman–Crippen LogP) is 3.96. The third-order valence-corrected chi connectivity index (χ3v) is 4.92. The molecule has 7 heteroatoms. The Morgan fingerprint density at radius 1 is 1.11 bits per heavy atom. The maximum absolute atomic E-state index is 13.0. The zero-order chi connectivity index (χ0) is 19.0. The number of aromatic nitrogens is 1. The molecule has 1 aliphatic rings. The number of imide groups is 1. The monoisotopic (exact) mass is 381 g/mol. The fourth-order valence-corrected chi connectivity index (χ4v) is 3.47. The molecule has 1 aliphatic heterocycles. The zero-order valence-corrected chi connectivity index (χ0v) is 15.2. The summed E-state index contributed by atoms with van der Waals surface area (Å²) in [5.41, 5.74) is 0.184. The molecule has 2 heterocycles. The van der Waals surface area contributed by atoms with Gasteiger partial charge in [0, 0.05) is 16.1 Å². The van der Waals surface area contributed by atoms with Crippen molar-refractivity contribution < 1.29 is 14.0 Å². The molecular weight excluding hydrogens is 366 g/mol. The molecule has 0 saturated carbocycles. The number of halogens is 1. The summed E-state index contributed by atoms with van der Waals surface area (Å²) in [6, 6.07) is 15.9. The summed E-state index contributed by atoms with van der Waals surface area (Å²) in [5, 5.41) is 3.14. The molecule has 1 aromatic heterocycles. The molecule has 6 nitrogen and oxygen atoms in total. The first-order valence-electron chi connectivity index (χ1n) is 8.38. The van der Waals surface area contributed by atoms with Crippen molar-refractivity contribution in [2.45, 2.75) is 19.0 Å². The fraction of sp³-hybridized carbons (Fsp3) is 0.150. The van der Waals surface area contributed by atoms with Gasteiger partial charge in [0.2, 0.25) is 5.89 Å². The van der Waals surface area contributed by atoms with E-state index in [0.717, 1.165) is 10.5 Å².